The second-order valence-corrected chi connectivity index (χ2v) is 7.30. The quantitative estimate of drug-likeness (QED) is 0.419. The number of fused-ring (bicyclic) bond motifs is 1. The van der Waals surface area contributed by atoms with E-state index in [2.05, 4.69) is 29.7 Å². The Morgan fingerprint density at radius 1 is 0.931 bits per heavy atom. The van der Waals surface area contributed by atoms with Crippen molar-refractivity contribution in [3.8, 4) is 5.75 Å². The van der Waals surface area contributed by atoms with Gasteiger partial charge < -0.3 is 14.4 Å². The minimum absolute atomic E-state index is 0.673. The second kappa shape index (κ2) is 8.93. The van der Waals surface area contributed by atoms with E-state index in [1.54, 1.807) is 0 Å². The molecule has 1 heterocycles. The van der Waals surface area contributed by atoms with E-state index in [0.29, 0.717) is 12.4 Å². The first-order valence-electron chi connectivity index (χ1n) is 10.1. The number of aryl methyl sites for hydroxylation is 2. The lowest BCUT2D eigenvalue weighted by Crippen LogP contribution is -2.11. The molecule has 3 aromatic carbocycles. The van der Waals surface area contributed by atoms with E-state index in [4.69, 9.17) is 9.72 Å². The van der Waals surface area contributed by atoms with E-state index >= 15 is 0 Å². The summed E-state index contributed by atoms with van der Waals surface area (Å²) in [5.74, 6) is 1.61. The minimum Gasteiger partial charge on any atom is -0.494 e. The van der Waals surface area contributed by atoms with Crippen molar-refractivity contribution in [2.24, 2.45) is 0 Å². The van der Waals surface area contributed by atoms with Crippen LogP contribution in [0.4, 0.5) is 0 Å². The van der Waals surface area contributed by atoms with Crippen molar-refractivity contribution >= 4 is 11.0 Å². The Labute approximate surface area is 171 Å². The lowest BCUT2D eigenvalue weighted by molar-refractivity contribution is 0.204. The van der Waals surface area contributed by atoms with Crippen LogP contribution in [0.25, 0.3) is 11.0 Å². The zero-order valence-corrected chi connectivity index (χ0v) is 16.7. The van der Waals surface area contributed by atoms with Gasteiger partial charge in [-0.05, 0) is 55.2 Å². The van der Waals surface area contributed by atoms with Gasteiger partial charge >= 0.3 is 0 Å². The summed E-state index contributed by atoms with van der Waals surface area (Å²) >= 11 is 0. The molecule has 4 aromatic rings. The minimum atomic E-state index is -0.743. The lowest BCUT2D eigenvalue weighted by atomic mass is 10.1. The fourth-order valence-corrected chi connectivity index (χ4v) is 3.59. The Morgan fingerprint density at radius 2 is 1.72 bits per heavy atom. The summed E-state index contributed by atoms with van der Waals surface area (Å²) in [5, 5.41) is 10.9. The van der Waals surface area contributed by atoms with Crippen LogP contribution in [0.3, 0.4) is 0 Å². The first-order chi connectivity index (χ1) is 14.2. The highest BCUT2D eigenvalue weighted by atomic mass is 16.5. The first-order valence-corrected chi connectivity index (χ1v) is 10.1. The number of rotatable bonds is 8. The standard InChI is InChI=1S/C25H26N2O2/c1-19-10-9-13-21(18-19)29-17-8-7-16-27-23-15-6-5-14-22(23)26-25(27)24(28)20-11-3-2-4-12-20/h2-6,9-15,18,24,28H,7-8,16-17H2,1H3. The van der Waals surface area contributed by atoms with Gasteiger partial charge in [-0.2, -0.15) is 0 Å². The number of para-hydroxylation sites is 2. The number of aliphatic hydroxyl groups excluding tert-OH is 1. The zero-order valence-electron chi connectivity index (χ0n) is 16.7. The van der Waals surface area contributed by atoms with E-state index in [-0.39, 0.29) is 0 Å². The highest BCUT2D eigenvalue weighted by Crippen LogP contribution is 2.26. The van der Waals surface area contributed by atoms with Crippen molar-refractivity contribution in [1.82, 2.24) is 9.55 Å². The Balaban J connectivity index is 1.46. The van der Waals surface area contributed by atoms with Crippen LogP contribution in [0, 0.1) is 6.92 Å². The predicted molar refractivity (Wildman–Crippen MR) is 116 cm³/mol. The molecule has 4 nitrogen and oxygen atoms in total. The normalized spacial score (nSPS) is 12.2. The summed E-state index contributed by atoms with van der Waals surface area (Å²) < 4.78 is 8.01. The average molecular weight is 386 g/mol. The van der Waals surface area contributed by atoms with Crippen LogP contribution in [-0.4, -0.2) is 21.3 Å². The predicted octanol–water partition coefficient (Wildman–Crippen LogP) is 5.29. The van der Waals surface area contributed by atoms with Crippen LogP contribution < -0.4 is 4.74 Å². The molecule has 0 spiro atoms. The highest BCUT2D eigenvalue weighted by Gasteiger charge is 2.19. The molecular weight excluding hydrogens is 360 g/mol. The van der Waals surface area contributed by atoms with Gasteiger partial charge in [0.05, 0.1) is 17.6 Å². The van der Waals surface area contributed by atoms with Crippen molar-refractivity contribution in [2.75, 3.05) is 6.61 Å². The third-order valence-corrected chi connectivity index (χ3v) is 5.08. The summed E-state index contributed by atoms with van der Waals surface area (Å²) in [7, 11) is 0. The molecule has 0 aliphatic carbocycles. The van der Waals surface area contributed by atoms with Crippen molar-refractivity contribution in [3.05, 3.63) is 95.8 Å². The van der Waals surface area contributed by atoms with Gasteiger partial charge in [-0.25, -0.2) is 4.98 Å². The van der Waals surface area contributed by atoms with Gasteiger partial charge in [-0.15, -0.1) is 0 Å². The summed E-state index contributed by atoms with van der Waals surface area (Å²) in [4.78, 5) is 4.73. The van der Waals surface area contributed by atoms with E-state index in [9.17, 15) is 5.11 Å². The molecule has 1 atom stereocenters. The van der Waals surface area contributed by atoms with Gasteiger partial charge in [0.2, 0.25) is 0 Å². The maximum absolute atomic E-state index is 10.9. The molecule has 0 saturated carbocycles. The second-order valence-electron chi connectivity index (χ2n) is 7.30. The van der Waals surface area contributed by atoms with Crippen LogP contribution in [0.2, 0.25) is 0 Å². The molecule has 4 rings (SSSR count). The van der Waals surface area contributed by atoms with Gasteiger partial charge in [-0.1, -0.05) is 54.6 Å². The number of benzene rings is 3. The van der Waals surface area contributed by atoms with Crippen LogP contribution in [-0.2, 0) is 6.54 Å². The third-order valence-electron chi connectivity index (χ3n) is 5.08. The fourth-order valence-electron chi connectivity index (χ4n) is 3.59. The maximum atomic E-state index is 10.9. The number of unbranched alkanes of at least 4 members (excludes halogenated alkanes) is 1. The maximum Gasteiger partial charge on any atom is 0.143 e. The van der Waals surface area contributed by atoms with E-state index in [1.165, 1.54) is 5.56 Å². The SMILES string of the molecule is Cc1cccc(OCCCCn2c(C(O)c3ccccc3)nc3ccccc32)c1. The van der Waals surface area contributed by atoms with Crippen molar-refractivity contribution in [1.29, 1.82) is 0 Å². The van der Waals surface area contributed by atoms with Crippen LogP contribution in [0.15, 0.2) is 78.9 Å². The summed E-state index contributed by atoms with van der Waals surface area (Å²) in [6.07, 6.45) is 1.13. The number of aliphatic hydroxyl groups is 1. The molecule has 1 unspecified atom stereocenters. The van der Waals surface area contributed by atoms with Gasteiger partial charge in [0.1, 0.15) is 17.7 Å². The molecule has 148 valence electrons. The molecular formula is C25H26N2O2. The molecule has 29 heavy (non-hydrogen) atoms. The number of nitrogens with zero attached hydrogens (tertiary/aromatic N) is 2. The Kier molecular flexibility index (Phi) is 5.92. The Morgan fingerprint density at radius 3 is 2.55 bits per heavy atom. The van der Waals surface area contributed by atoms with E-state index in [0.717, 1.165) is 41.7 Å². The topological polar surface area (TPSA) is 47.3 Å². The smallest absolute Gasteiger partial charge is 0.143 e. The van der Waals surface area contributed by atoms with Gasteiger partial charge in [0, 0.05) is 6.54 Å². The molecule has 4 heteroatoms. The van der Waals surface area contributed by atoms with Gasteiger partial charge in [-0.3, -0.25) is 0 Å². The first kappa shape index (κ1) is 19.2. The summed E-state index contributed by atoms with van der Waals surface area (Å²) in [6, 6.07) is 25.9. The van der Waals surface area contributed by atoms with Crippen molar-refractivity contribution < 1.29 is 9.84 Å². The highest BCUT2D eigenvalue weighted by molar-refractivity contribution is 5.76. The van der Waals surface area contributed by atoms with Gasteiger partial charge in [0.15, 0.2) is 0 Å². The molecule has 0 radical (unpaired) electrons. The van der Waals surface area contributed by atoms with Crippen molar-refractivity contribution in [2.45, 2.75) is 32.4 Å². The number of ether oxygens (including phenoxy) is 1. The van der Waals surface area contributed by atoms with E-state index < -0.39 is 6.10 Å². The number of imidazole rings is 1. The molecule has 0 fully saturated rings. The third kappa shape index (κ3) is 4.49. The zero-order chi connectivity index (χ0) is 20.1. The van der Waals surface area contributed by atoms with Crippen LogP contribution >= 0.6 is 0 Å². The summed E-state index contributed by atoms with van der Waals surface area (Å²) in [5.41, 5.74) is 4.02. The van der Waals surface area contributed by atoms with Crippen LogP contribution in [0.1, 0.15) is 35.9 Å². The molecule has 0 bridgehead atoms. The van der Waals surface area contributed by atoms with Gasteiger partial charge in [0.25, 0.3) is 0 Å². The lowest BCUT2D eigenvalue weighted by Gasteiger charge is -2.14. The number of hydrogen-bond acceptors (Lipinski definition) is 3. The average Bonchev–Trinajstić information content (AvgIpc) is 3.12. The molecule has 0 aliphatic heterocycles. The monoisotopic (exact) mass is 386 g/mol. The Hall–Kier alpha value is -3.11. The number of aromatic nitrogens is 2. The molecule has 0 saturated heterocycles. The molecule has 0 amide bonds. The van der Waals surface area contributed by atoms with Crippen LogP contribution in [0.5, 0.6) is 5.75 Å². The fraction of sp³-hybridized carbons (Fsp3) is 0.240. The molecule has 1 N–H and O–H groups in total. The van der Waals surface area contributed by atoms with E-state index in [1.807, 2.05) is 60.7 Å². The molecule has 1 aromatic heterocycles. The summed E-state index contributed by atoms with van der Waals surface area (Å²) in [6.45, 7) is 3.53. The Bertz CT molecular complexity index is 1070. The largest absolute Gasteiger partial charge is 0.494 e. The molecule has 0 aliphatic rings. The number of hydrogen-bond donors (Lipinski definition) is 1. The van der Waals surface area contributed by atoms with Crippen molar-refractivity contribution in [3.63, 3.8) is 0 Å².